The Morgan fingerprint density at radius 1 is 1.17 bits per heavy atom. The SMILES string of the molecule is O=C(CCc1ccccc1)Nc1ccc2c(c1)C(=O)NCCO2. The van der Waals surface area contributed by atoms with Gasteiger partial charge in [0.05, 0.1) is 12.1 Å². The summed E-state index contributed by atoms with van der Waals surface area (Å²) >= 11 is 0. The maximum Gasteiger partial charge on any atom is 0.255 e. The highest BCUT2D eigenvalue weighted by atomic mass is 16.5. The first-order valence-electron chi connectivity index (χ1n) is 7.61. The third-order valence-corrected chi connectivity index (χ3v) is 3.64. The minimum absolute atomic E-state index is 0.0799. The Morgan fingerprint density at radius 2 is 2.00 bits per heavy atom. The molecule has 118 valence electrons. The van der Waals surface area contributed by atoms with Gasteiger partial charge in [0.1, 0.15) is 12.4 Å². The fourth-order valence-electron chi connectivity index (χ4n) is 2.46. The lowest BCUT2D eigenvalue weighted by Gasteiger charge is -2.09. The molecule has 1 heterocycles. The van der Waals surface area contributed by atoms with Crippen molar-refractivity contribution in [2.75, 3.05) is 18.5 Å². The fourth-order valence-corrected chi connectivity index (χ4v) is 2.46. The first kappa shape index (κ1) is 15.1. The number of nitrogens with one attached hydrogen (secondary N) is 2. The molecule has 1 aliphatic heterocycles. The number of hydrogen-bond donors (Lipinski definition) is 2. The summed E-state index contributed by atoms with van der Waals surface area (Å²) in [5.41, 5.74) is 2.17. The van der Waals surface area contributed by atoms with Gasteiger partial charge in [0.2, 0.25) is 5.91 Å². The van der Waals surface area contributed by atoms with E-state index in [1.807, 2.05) is 30.3 Å². The molecule has 0 saturated carbocycles. The standard InChI is InChI=1S/C18H18N2O3/c21-17(9-6-13-4-2-1-3-5-13)20-14-7-8-16-15(12-14)18(22)19-10-11-23-16/h1-5,7-8,12H,6,9-11H2,(H,19,22)(H,20,21). The molecule has 0 aromatic heterocycles. The van der Waals surface area contributed by atoms with Crippen molar-refractivity contribution in [3.8, 4) is 5.75 Å². The molecule has 0 bridgehead atoms. The van der Waals surface area contributed by atoms with Gasteiger partial charge in [-0.05, 0) is 30.2 Å². The van der Waals surface area contributed by atoms with Gasteiger partial charge in [-0.1, -0.05) is 30.3 Å². The lowest BCUT2D eigenvalue weighted by atomic mass is 10.1. The van der Waals surface area contributed by atoms with Gasteiger partial charge in [-0.15, -0.1) is 0 Å². The van der Waals surface area contributed by atoms with E-state index in [4.69, 9.17) is 4.74 Å². The molecule has 5 heteroatoms. The third kappa shape index (κ3) is 3.88. The molecule has 0 unspecified atom stereocenters. The zero-order valence-electron chi connectivity index (χ0n) is 12.7. The van der Waals surface area contributed by atoms with Crippen LogP contribution in [0.2, 0.25) is 0 Å². The Bertz CT molecular complexity index is 713. The quantitative estimate of drug-likeness (QED) is 0.911. The van der Waals surface area contributed by atoms with Gasteiger partial charge in [0.15, 0.2) is 0 Å². The van der Waals surface area contributed by atoms with Gasteiger partial charge in [0.25, 0.3) is 5.91 Å². The molecular weight excluding hydrogens is 292 g/mol. The number of carbonyl (C=O) groups is 2. The topological polar surface area (TPSA) is 67.4 Å². The van der Waals surface area contributed by atoms with Crippen molar-refractivity contribution in [1.82, 2.24) is 5.32 Å². The smallest absolute Gasteiger partial charge is 0.255 e. The highest BCUT2D eigenvalue weighted by molar-refractivity contribution is 5.99. The number of carbonyl (C=O) groups excluding carboxylic acids is 2. The molecule has 2 aromatic carbocycles. The monoisotopic (exact) mass is 310 g/mol. The number of fused-ring (bicyclic) bond motifs is 1. The molecule has 0 radical (unpaired) electrons. The Kier molecular flexibility index (Phi) is 4.57. The summed E-state index contributed by atoms with van der Waals surface area (Å²) in [5.74, 6) is 0.281. The largest absolute Gasteiger partial charge is 0.491 e. The molecule has 2 aromatic rings. The summed E-state index contributed by atoms with van der Waals surface area (Å²) in [6.45, 7) is 0.924. The predicted octanol–water partition coefficient (Wildman–Crippen LogP) is 2.38. The molecule has 2 N–H and O–H groups in total. The number of aryl methyl sites for hydroxylation is 1. The van der Waals surface area contributed by atoms with E-state index in [9.17, 15) is 9.59 Å². The number of ether oxygens (including phenoxy) is 1. The van der Waals surface area contributed by atoms with Crippen molar-refractivity contribution >= 4 is 17.5 Å². The zero-order chi connectivity index (χ0) is 16.1. The van der Waals surface area contributed by atoms with Crippen molar-refractivity contribution < 1.29 is 14.3 Å². The normalized spacial score (nSPS) is 13.3. The Hall–Kier alpha value is -2.82. The maximum absolute atomic E-state index is 12.1. The minimum Gasteiger partial charge on any atom is -0.491 e. The van der Waals surface area contributed by atoms with Crippen LogP contribution in [0.3, 0.4) is 0 Å². The first-order chi connectivity index (χ1) is 11.2. The second-order valence-corrected chi connectivity index (χ2v) is 5.35. The second-order valence-electron chi connectivity index (χ2n) is 5.35. The number of rotatable bonds is 4. The third-order valence-electron chi connectivity index (χ3n) is 3.64. The molecular formula is C18H18N2O3. The van der Waals surface area contributed by atoms with Crippen LogP contribution in [-0.2, 0) is 11.2 Å². The lowest BCUT2D eigenvalue weighted by molar-refractivity contribution is -0.116. The molecule has 5 nitrogen and oxygen atoms in total. The Labute approximate surface area is 134 Å². The fraction of sp³-hybridized carbons (Fsp3) is 0.222. The van der Waals surface area contributed by atoms with Gasteiger partial charge in [-0.2, -0.15) is 0 Å². The van der Waals surface area contributed by atoms with Crippen LogP contribution in [0.15, 0.2) is 48.5 Å². The summed E-state index contributed by atoms with van der Waals surface area (Å²) < 4.78 is 5.49. The van der Waals surface area contributed by atoms with E-state index in [0.717, 1.165) is 5.56 Å². The Morgan fingerprint density at radius 3 is 2.83 bits per heavy atom. The molecule has 3 rings (SSSR count). The van der Waals surface area contributed by atoms with E-state index in [-0.39, 0.29) is 11.8 Å². The van der Waals surface area contributed by atoms with Gasteiger partial charge < -0.3 is 15.4 Å². The minimum atomic E-state index is -0.183. The average molecular weight is 310 g/mol. The van der Waals surface area contributed by atoms with Gasteiger partial charge >= 0.3 is 0 Å². The van der Waals surface area contributed by atoms with E-state index in [2.05, 4.69) is 10.6 Å². The van der Waals surface area contributed by atoms with Gasteiger partial charge in [-0.25, -0.2) is 0 Å². The lowest BCUT2D eigenvalue weighted by Crippen LogP contribution is -2.24. The van der Waals surface area contributed by atoms with Crippen LogP contribution >= 0.6 is 0 Å². The molecule has 23 heavy (non-hydrogen) atoms. The van der Waals surface area contributed by atoms with E-state index in [0.29, 0.717) is 43.0 Å². The van der Waals surface area contributed by atoms with Crippen LogP contribution in [0.4, 0.5) is 5.69 Å². The van der Waals surface area contributed by atoms with Crippen LogP contribution in [0, 0.1) is 0 Å². The molecule has 0 fully saturated rings. The number of benzene rings is 2. The number of hydrogen-bond acceptors (Lipinski definition) is 3. The van der Waals surface area contributed by atoms with Crippen molar-refractivity contribution in [3.05, 3.63) is 59.7 Å². The maximum atomic E-state index is 12.1. The van der Waals surface area contributed by atoms with E-state index in [1.165, 1.54) is 0 Å². The predicted molar refractivity (Wildman–Crippen MR) is 87.7 cm³/mol. The molecule has 0 saturated heterocycles. The summed E-state index contributed by atoms with van der Waals surface area (Å²) in [7, 11) is 0. The summed E-state index contributed by atoms with van der Waals surface area (Å²) in [5, 5.41) is 5.58. The van der Waals surface area contributed by atoms with Crippen LogP contribution in [-0.4, -0.2) is 25.0 Å². The number of amides is 2. The van der Waals surface area contributed by atoms with Gasteiger partial charge in [0, 0.05) is 12.1 Å². The van der Waals surface area contributed by atoms with Crippen LogP contribution in [0.25, 0.3) is 0 Å². The second kappa shape index (κ2) is 6.96. The van der Waals surface area contributed by atoms with E-state index >= 15 is 0 Å². The van der Waals surface area contributed by atoms with Crippen LogP contribution < -0.4 is 15.4 Å². The molecule has 0 atom stereocenters. The highest BCUT2D eigenvalue weighted by Crippen LogP contribution is 2.24. The van der Waals surface area contributed by atoms with Crippen LogP contribution in [0.1, 0.15) is 22.3 Å². The summed E-state index contributed by atoms with van der Waals surface area (Å²) in [4.78, 5) is 24.0. The Balaban J connectivity index is 1.63. The van der Waals surface area contributed by atoms with Gasteiger partial charge in [-0.3, -0.25) is 9.59 Å². The summed E-state index contributed by atoms with van der Waals surface area (Å²) in [6, 6.07) is 15.0. The summed E-state index contributed by atoms with van der Waals surface area (Å²) in [6.07, 6.45) is 1.07. The van der Waals surface area contributed by atoms with Crippen molar-refractivity contribution in [1.29, 1.82) is 0 Å². The van der Waals surface area contributed by atoms with Crippen molar-refractivity contribution in [2.24, 2.45) is 0 Å². The molecule has 0 aliphatic carbocycles. The van der Waals surface area contributed by atoms with E-state index in [1.54, 1.807) is 18.2 Å². The zero-order valence-corrected chi connectivity index (χ0v) is 12.7. The molecule has 1 aliphatic rings. The van der Waals surface area contributed by atoms with Crippen LogP contribution in [0.5, 0.6) is 5.75 Å². The highest BCUT2D eigenvalue weighted by Gasteiger charge is 2.17. The number of anilines is 1. The van der Waals surface area contributed by atoms with Crippen molar-refractivity contribution in [3.63, 3.8) is 0 Å². The molecule has 2 amide bonds. The van der Waals surface area contributed by atoms with E-state index < -0.39 is 0 Å². The average Bonchev–Trinajstić information content (AvgIpc) is 2.76. The first-order valence-corrected chi connectivity index (χ1v) is 7.61. The molecule has 0 spiro atoms. The van der Waals surface area contributed by atoms with Crippen molar-refractivity contribution in [2.45, 2.75) is 12.8 Å².